The Kier molecular flexibility index (Phi) is 5.49. The largest absolute Gasteiger partial charge is 0.444 e. The van der Waals surface area contributed by atoms with Crippen LogP contribution in [0.15, 0.2) is 18.2 Å². The normalized spacial score (nSPS) is 20.9. The minimum atomic E-state index is -0.712. The predicted molar refractivity (Wildman–Crippen MR) is 88.1 cm³/mol. The summed E-state index contributed by atoms with van der Waals surface area (Å²) < 4.78 is 10.9. The van der Waals surface area contributed by atoms with Crippen molar-refractivity contribution in [2.75, 3.05) is 11.9 Å². The van der Waals surface area contributed by atoms with Crippen molar-refractivity contribution in [3.8, 4) is 0 Å². The minimum Gasteiger partial charge on any atom is -0.444 e. The summed E-state index contributed by atoms with van der Waals surface area (Å²) in [5, 5.41) is 15.6. The second-order valence-corrected chi connectivity index (χ2v) is 6.67. The molecular formula is C17H26N2O4. The van der Waals surface area contributed by atoms with Crippen LogP contribution in [0.5, 0.6) is 0 Å². The van der Waals surface area contributed by atoms with Gasteiger partial charge in [-0.25, -0.2) is 4.79 Å². The van der Waals surface area contributed by atoms with E-state index >= 15 is 0 Å². The van der Waals surface area contributed by atoms with Crippen molar-refractivity contribution in [3.05, 3.63) is 29.3 Å². The Bertz CT molecular complexity index is 554. The lowest BCUT2D eigenvalue weighted by atomic mass is 10.0. The quantitative estimate of drug-likeness (QED) is 0.797. The first kappa shape index (κ1) is 17.6. The molecule has 1 aliphatic heterocycles. The molecule has 0 aliphatic carbocycles. The van der Waals surface area contributed by atoms with Crippen molar-refractivity contribution < 1.29 is 19.4 Å². The van der Waals surface area contributed by atoms with Crippen molar-refractivity contribution in [2.24, 2.45) is 0 Å². The van der Waals surface area contributed by atoms with Gasteiger partial charge in [0.15, 0.2) is 0 Å². The fourth-order valence-corrected chi connectivity index (χ4v) is 2.46. The van der Waals surface area contributed by atoms with Crippen LogP contribution in [0.3, 0.4) is 0 Å². The first-order valence-electron chi connectivity index (χ1n) is 7.94. The number of amides is 1. The summed E-state index contributed by atoms with van der Waals surface area (Å²) in [6.07, 6.45) is -0.416. The average molecular weight is 322 g/mol. The Morgan fingerprint density at radius 2 is 2.22 bits per heavy atom. The number of fused-ring (bicyclic) bond motifs is 1. The van der Waals surface area contributed by atoms with E-state index in [2.05, 4.69) is 10.6 Å². The van der Waals surface area contributed by atoms with Crippen LogP contribution in [0.1, 0.15) is 51.3 Å². The molecule has 2 unspecified atom stereocenters. The van der Waals surface area contributed by atoms with Gasteiger partial charge in [-0.05, 0) is 44.9 Å². The molecule has 6 nitrogen and oxygen atoms in total. The monoisotopic (exact) mass is 322 g/mol. The molecule has 0 spiro atoms. The van der Waals surface area contributed by atoms with Crippen molar-refractivity contribution in [1.82, 2.24) is 5.32 Å². The zero-order valence-corrected chi connectivity index (χ0v) is 14.2. The van der Waals surface area contributed by atoms with Gasteiger partial charge in [-0.3, -0.25) is 0 Å². The number of carbonyl (C=O) groups is 1. The van der Waals surface area contributed by atoms with E-state index in [0.29, 0.717) is 6.54 Å². The summed E-state index contributed by atoms with van der Waals surface area (Å²) in [6, 6.07) is 5.81. The number of aliphatic hydroxyl groups excluding tert-OH is 1. The van der Waals surface area contributed by atoms with Crippen LogP contribution in [0, 0.1) is 0 Å². The van der Waals surface area contributed by atoms with Crippen molar-refractivity contribution >= 4 is 11.8 Å². The van der Waals surface area contributed by atoms with Gasteiger partial charge >= 0.3 is 6.09 Å². The molecule has 0 aromatic heterocycles. The van der Waals surface area contributed by atoms with Crippen LogP contribution < -0.4 is 10.6 Å². The molecule has 0 saturated heterocycles. The predicted octanol–water partition coefficient (Wildman–Crippen LogP) is 2.92. The molecule has 1 aromatic rings. The summed E-state index contributed by atoms with van der Waals surface area (Å²) in [4.78, 5) is 11.7. The van der Waals surface area contributed by atoms with E-state index in [1.54, 1.807) is 0 Å². The Morgan fingerprint density at radius 1 is 1.48 bits per heavy atom. The standard InChI is InChI=1S/C17H26N2O4/c1-5-14-12-8-11(9-18-16(21)23-17(2,3)4)6-7-13(12)19-15(20)10-22-14/h6-8,14-15,19-20H,5,9-10H2,1-4H3,(H,18,21). The van der Waals surface area contributed by atoms with Gasteiger partial charge < -0.3 is 25.2 Å². The number of anilines is 1. The SMILES string of the molecule is CCC1OCC(O)Nc2ccc(CNC(=O)OC(C)(C)C)cc21. The zero-order valence-electron chi connectivity index (χ0n) is 14.2. The van der Waals surface area contributed by atoms with Crippen molar-refractivity contribution in [3.63, 3.8) is 0 Å². The number of nitrogens with one attached hydrogen (secondary N) is 2. The molecule has 128 valence electrons. The maximum atomic E-state index is 11.7. The van der Waals surface area contributed by atoms with E-state index in [0.717, 1.165) is 23.2 Å². The average Bonchev–Trinajstić information content (AvgIpc) is 2.61. The van der Waals surface area contributed by atoms with Gasteiger partial charge in [0.05, 0.1) is 12.7 Å². The Labute approximate surface area is 137 Å². The van der Waals surface area contributed by atoms with Crippen LogP contribution >= 0.6 is 0 Å². The molecule has 0 bridgehead atoms. The van der Waals surface area contributed by atoms with E-state index in [4.69, 9.17) is 9.47 Å². The molecule has 0 fully saturated rings. The zero-order chi connectivity index (χ0) is 17.0. The Morgan fingerprint density at radius 3 is 2.87 bits per heavy atom. The maximum Gasteiger partial charge on any atom is 0.407 e. The molecule has 1 aromatic carbocycles. The lowest BCUT2D eigenvalue weighted by Gasteiger charge is -2.20. The second kappa shape index (κ2) is 7.19. The maximum absolute atomic E-state index is 11.7. The van der Waals surface area contributed by atoms with Crippen LogP contribution in [0.2, 0.25) is 0 Å². The summed E-state index contributed by atoms with van der Waals surface area (Å²) in [6.45, 7) is 8.15. The van der Waals surface area contributed by atoms with Crippen LogP contribution in [0.25, 0.3) is 0 Å². The molecule has 1 aliphatic rings. The van der Waals surface area contributed by atoms with Crippen molar-refractivity contribution in [2.45, 2.75) is 58.6 Å². The van der Waals surface area contributed by atoms with Gasteiger partial charge in [0.2, 0.25) is 0 Å². The lowest BCUT2D eigenvalue weighted by molar-refractivity contribution is 0.00357. The van der Waals surface area contributed by atoms with Gasteiger partial charge in [0.1, 0.15) is 11.8 Å². The highest BCUT2D eigenvalue weighted by molar-refractivity contribution is 5.67. The Balaban J connectivity index is 2.07. The molecule has 1 heterocycles. The number of ether oxygens (including phenoxy) is 2. The number of rotatable bonds is 3. The van der Waals surface area contributed by atoms with Gasteiger partial charge in [-0.1, -0.05) is 13.0 Å². The van der Waals surface area contributed by atoms with Gasteiger partial charge in [0.25, 0.3) is 0 Å². The number of alkyl carbamates (subject to hydrolysis) is 1. The van der Waals surface area contributed by atoms with Gasteiger partial charge in [-0.15, -0.1) is 0 Å². The van der Waals surface area contributed by atoms with Gasteiger partial charge in [0, 0.05) is 17.8 Å². The molecular weight excluding hydrogens is 296 g/mol. The van der Waals surface area contributed by atoms with Crippen LogP contribution in [0.4, 0.5) is 10.5 Å². The number of benzene rings is 1. The summed E-state index contributed by atoms with van der Waals surface area (Å²) in [5.74, 6) is 0. The molecule has 1 amide bonds. The van der Waals surface area contributed by atoms with E-state index in [1.165, 1.54) is 0 Å². The van der Waals surface area contributed by atoms with E-state index < -0.39 is 17.9 Å². The number of hydrogen-bond donors (Lipinski definition) is 3. The third kappa shape index (κ3) is 5.11. The fraction of sp³-hybridized carbons (Fsp3) is 0.588. The first-order valence-corrected chi connectivity index (χ1v) is 7.94. The third-order valence-corrected chi connectivity index (χ3v) is 3.45. The highest BCUT2D eigenvalue weighted by Gasteiger charge is 2.22. The molecule has 2 atom stereocenters. The molecule has 0 saturated carbocycles. The van der Waals surface area contributed by atoms with Gasteiger partial charge in [-0.2, -0.15) is 0 Å². The highest BCUT2D eigenvalue weighted by Crippen LogP contribution is 2.32. The molecule has 2 rings (SSSR count). The first-order chi connectivity index (χ1) is 10.8. The van der Waals surface area contributed by atoms with Crippen molar-refractivity contribution in [1.29, 1.82) is 0 Å². The van der Waals surface area contributed by atoms with E-state index in [9.17, 15) is 9.90 Å². The second-order valence-electron chi connectivity index (χ2n) is 6.67. The van der Waals surface area contributed by atoms with Crippen LogP contribution in [-0.4, -0.2) is 29.6 Å². The molecule has 0 radical (unpaired) electrons. The molecule has 6 heteroatoms. The Hall–Kier alpha value is -1.79. The van der Waals surface area contributed by atoms with E-state index in [-0.39, 0.29) is 12.7 Å². The number of hydrogen-bond acceptors (Lipinski definition) is 5. The topological polar surface area (TPSA) is 79.8 Å². The lowest BCUT2D eigenvalue weighted by Crippen LogP contribution is -2.32. The number of aliphatic hydroxyl groups is 1. The fourth-order valence-electron chi connectivity index (χ4n) is 2.46. The molecule has 3 N–H and O–H groups in total. The van der Waals surface area contributed by atoms with E-state index in [1.807, 2.05) is 45.9 Å². The smallest absolute Gasteiger partial charge is 0.407 e. The third-order valence-electron chi connectivity index (χ3n) is 3.45. The number of carbonyl (C=O) groups excluding carboxylic acids is 1. The summed E-state index contributed by atoms with van der Waals surface area (Å²) >= 11 is 0. The summed E-state index contributed by atoms with van der Waals surface area (Å²) in [5.41, 5.74) is 2.30. The van der Waals surface area contributed by atoms with Crippen LogP contribution in [-0.2, 0) is 16.0 Å². The minimum absolute atomic E-state index is 0.0730. The summed E-state index contributed by atoms with van der Waals surface area (Å²) in [7, 11) is 0. The molecule has 23 heavy (non-hydrogen) atoms. The highest BCUT2D eigenvalue weighted by atomic mass is 16.6.